The Bertz CT molecular complexity index is 322. The van der Waals surface area contributed by atoms with Gasteiger partial charge in [0.1, 0.15) is 5.76 Å². The van der Waals surface area contributed by atoms with Crippen molar-refractivity contribution in [1.29, 1.82) is 0 Å². The minimum absolute atomic E-state index is 0.0747. The summed E-state index contributed by atoms with van der Waals surface area (Å²) < 4.78 is 0. The van der Waals surface area contributed by atoms with Gasteiger partial charge in [-0.15, -0.1) is 0 Å². The molecule has 0 spiro atoms. The van der Waals surface area contributed by atoms with Gasteiger partial charge >= 0.3 is 0 Å². The highest BCUT2D eigenvalue weighted by atomic mass is 16.3. The lowest BCUT2D eigenvalue weighted by Crippen LogP contribution is -2.14. The minimum atomic E-state index is -0.615. The Hall–Kier alpha value is -1.51. The fraction of sp³-hybridized carbons (Fsp3) is 0.300. The van der Waals surface area contributed by atoms with Crippen molar-refractivity contribution in [3.63, 3.8) is 0 Å². The van der Waals surface area contributed by atoms with Gasteiger partial charge in [-0.3, -0.25) is 4.79 Å². The van der Waals surface area contributed by atoms with Gasteiger partial charge in [-0.1, -0.05) is 26.0 Å². The van der Waals surface area contributed by atoms with Crippen molar-refractivity contribution in [3.05, 3.63) is 35.6 Å². The average molecular weight is 179 g/mol. The lowest BCUT2D eigenvalue weighted by molar-refractivity contribution is -0.114. The van der Waals surface area contributed by atoms with E-state index in [1.165, 1.54) is 6.08 Å². The number of aliphatic hydroxyl groups is 1. The zero-order valence-corrected chi connectivity index (χ0v) is 7.74. The molecule has 3 nitrogen and oxygen atoms in total. The third-order valence-electron chi connectivity index (χ3n) is 1.89. The van der Waals surface area contributed by atoms with E-state index >= 15 is 0 Å². The Morgan fingerprint density at radius 3 is 2.46 bits per heavy atom. The Morgan fingerprint density at radius 1 is 1.38 bits per heavy atom. The number of aliphatic hydroxyl groups excluding tert-OH is 1. The van der Waals surface area contributed by atoms with E-state index in [2.05, 4.69) is 0 Å². The Labute approximate surface area is 77.2 Å². The molecule has 0 aliphatic heterocycles. The summed E-state index contributed by atoms with van der Waals surface area (Å²) in [5.74, 6) is -0.689. The molecule has 0 aromatic rings. The molecule has 0 atom stereocenters. The molecule has 0 fully saturated rings. The van der Waals surface area contributed by atoms with E-state index < -0.39 is 5.91 Å². The summed E-state index contributed by atoms with van der Waals surface area (Å²) in [5, 5.41) is 9.39. The average Bonchev–Trinajstić information content (AvgIpc) is 2.11. The number of primary amides is 1. The first-order valence-corrected chi connectivity index (χ1v) is 4.04. The quantitative estimate of drug-likeness (QED) is 0.639. The molecule has 0 saturated heterocycles. The molecule has 0 saturated carbocycles. The molecule has 1 rings (SSSR count). The molecule has 70 valence electrons. The first kappa shape index (κ1) is 9.58. The molecule has 13 heavy (non-hydrogen) atoms. The molecular formula is C10H13NO2. The second-order valence-corrected chi connectivity index (χ2v) is 3.65. The van der Waals surface area contributed by atoms with Gasteiger partial charge in [0.15, 0.2) is 0 Å². The van der Waals surface area contributed by atoms with Crippen LogP contribution in [0.25, 0.3) is 0 Å². The van der Waals surface area contributed by atoms with Crippen LogP contribution in [0.3, 0.4) is 0 Å². The molecule has 0 bridgehead atoms. The zero-order chi connectivity index (χ0) is 10.1. The highest BCUT2D eigenvalue weighted by Crippen LogP contribution is 2.24. The van der Waals surface area contributed by atoms with Crippen LogP contribution in [0, 0.1) is 5.41 Å². The van der Waals surface area contributed by atoms with Crippen molar-refractivity contribution in [2.24, 2.45) is 11.1 Å². The third kappa shape index (κ3) is 2.21. The van der Waals surface area contributed by atoms with E-state index in [1.807, 2.05) is 26.0 Å². The summed E-state index contributed by atoms with van der Waals surface area (Å²) in [6.07, 6.45) is 6.69. The van der Waals surface area contributed by atoms with Crippen LogP contribution in [0.1, 0.15) is 13.8 Å². The van der Waals surface area contributed by atoms with E-state index in [1.54, 1.807) is 6.08 Å². The Kier molecular flexibility index (Phi) is 2.28. The van der Waals surface area contributed by atoms with Crippen molar-refractivity contribution in [1.82, 2.24) is 0 Å². The molecule has 0 unspecified atom stereocenters. The number of carbonyl (C=O) groups excluding carboxylic acids is 1. The number of hydrogen-bond acceptors (Lipinski definition) is 2. The molecule has 3 N–H and O–H groups in total. The summed E-state index contributed by atoms with van der Waals surface area (Å²) in [6, 6.07) is 0. The molecule has 1 aliphatic carbocycles. The van der Waals surface area contributed by atoms with Gasteiger partial charge in [-0.25, -0.2) is 0 Å². The van der Waals surface area contributed by atoms with Gasteiger partial charge in [0.2, 0.25) is 0 Å². The Morgan fingerprint density at radius 2 is 1.92 bits per heavy atom. The van der Waals surface area contributed by atoms with Crippen LogP contribution in [0.2, 0.25) is 0 Å². The fourth-order valence-electron chi connectivity index (χ4n) is 1.03. The van der Waals surface area contributed by atoms with E-state index in [0.717, 1.165) is 0 Å². The van der Waals surface area contributed by atoms with E-state index in [4.69, 9.17) is 5.73 Å². The van der Waals surface area contributed by atoms with E-state index in [0.29, 0.717) is 0 Å². The van der Waals surface area contributed by atoms with Crippen LogP contribution < -0.4 is 5.73 Å². The van der Waals surface area contributed by atoms with E-state index in [9.17, 15) is 9.90 Å². The topological polar surface area (TPSA) is 63.3 Å². The molecule has 1 amide bonds. The van der Waals surface area contributed by atoms with Crippen molar-refractivity contribution >= 4 is 5.91 Å². The Balaban J connectivity index is 3.12. The molecule has 0 aromatic heterocycles. The smallest absolute Gasteiger partial charge is 0.252 e. The number of carbonyl (C=O) groups is 1. The first-order valence-electron chi connectivity index (χ1n) is 4.04. The molecule has 0 heterocycles. The van der Waals surface area contributed by atoms with Crippen LogP contribution in [-0.4, -0.2) is 11.0 Å². The predicted molar refractivity (Wildman–Crippen MR) is 50.9 cm³/mol. The second-order valence-electron chi connectivity index (χ2n) is 3.65. The zero-order valence-electron chi connectivity index (χ0n) is 7.74. The summed E-state index contributed by atoms with van der Waals surface area (Å²) in [4.78, 5) is 10.8. The molecule has 0 radical (unpaired) electrons. The lowest BCUT2D eigenvalue weighted by Gasteiger charge is -2.12. The summed E-state index contributed by atoms with van der Waals surface area (Å²) >= 11 is 0. The van der Waals surface area contributed by atoms with Crippen LogP contribution >= 0.6 is 0 Å². The summed E-state index contributed by atoms with van der Waals surface area (Å²) in [7, 11) is 0. The van der Waals surface area contributed by atoms with Crippen molar-refractivity contribution in [2.75, 3.05) is 0 Å². The van der Waals surface area contributed by atoms with Gasteiger partial charge in [-0.2, -0.15) is 0 Å². The van der Waals surface area contributed by atoms with Crippen molar-refractivity contribution in [2.45, 2.75) is 13.8 Å². The van der Waals surface area contributed by atoms with Crippen molar-refractivity contribution < 1.29 is 9.90 Å². The highest BCUT2D eigenvalue weighted by molar-refractivity contribution is 5.95. The van der Waals surface area contributed by atoms with E-state index in [-0.39, 0.29) is 16.7 Å². The molecule has 1 aliphatic rings. The standard InChI is InChI=1S/C10H13NO2/c1-10(2)5-3-7(9(11)13)8(12)4-6-10/h3-6,12H,1-2H3,(H2,11,13). The largest absolute Gasteiger partial charge is 0.507 e. The maximum absolute atomic E-state index is 10.8. The van der Waals surface area contributed by atoms with Crippen LogP contribution in [0.15, 0.2) is 35.6 Å². The van der Waals surface area contributed by atoms with Gasteiger partial charge in [0.05, 0.1) is 5.57 Å². The maximum Gasteiger partial charge on any atom is 0.252 e. The fourth-order valence-corrected chi connectivity index (χ4v) is 1.03. The highest BCUT2D eigenvalue weighted by Gasteiger charge is 2.15. The van der Waals surface area contributed by atoms with Gasteiger partial charge in [0.25, 0.3) is 5.91 Å². The molecular weight excluding hydrogens is 166 g/mol. The van der Waals surface area contributed by atoms with Crippen LogP contribution in [0.5, 0.6) is 0 Å². The number of nitrogens with two attached hydrogens (primary N) is 1. The first-order chi connectivity index (χ1) is 5.92. The maximum atomic E-state index is 10.8. The van der Waals surface area contributed by atoms with Crippen LogP contribution in [-0.2, 0) is 4.79 Å². The van der Waals surface area contributed by atoms with Crippen molar-refractivity contribution in [3.8, 4) is 0 Å². The number of rotatable bonds is 1. The van der Waals surface area contributed by atoms with Crippen LogP contribution in [0.4, 0.5) is 0 Å². The number of allylic oxidation sites excluding steroid dienone is 3. The predicted octanol–water partition coefficient (Wildman–Crippen LogP) is 1.44. The number of hydrogen-bond donors (Lipinski definition) is 2. The van der Waals surface area contributed by atoms with Gasteiger partial charge in [0, 0.05) is 5.41 Å². The molecule has 0 aromatic carbocycles. The monoisotopic (exact) mass is 179 g/mol. The minimum Gasteiger partial charge on any atom is -0.507 e. The second kappa shape index (κ2) is 3.09. The lowest BCUT2D eigenvalue weighted by atomic mass is 9.93. The normalized spacial score (nSPS) is 20.2. The van der Waals surface area contributed by atoms with Gasteiger partial charge in [-0.05, 0) is 12.2 Å². The molecule has 3 heteroatoms. The summed E-state index contributed by atoms with van der Waals surface area (Å²) in [6.45, 7) is 3.94. The third-order valence-corrected chi connectivity index (χ3v) is 1.89. The summed E-state index contributed by atoms with van der Waals surface area (Å²) in [5.41, 5.74) is 5.07. The number of amides is 1. The SMILES string of the molecule is CC1(C)C=CC(O)=C(C(N)=O)C=C1. The van der Waals surface area contributed by atoms with Gasteiger partial charge < -0.3 is 10.8 Å².